The number of hydrogen-bond acceptors (Lipinski definition) is 5. The van der Waals surface area contributed by atoms with Crippen molar-refractivity contribution in [3.05, 3.63) is 77.2 Å². The number of ether oxygens (including phenoxy) is 1. The van der Waals surface area contributed by atoms with Crippen molar-refractivity contribution >= 4 is 17.5 Å². The molecule has 3 aromatic rings. The lowest BCUT2D eigenvalue weighted by molar-refractivity contribution is 0.0953. The first kappa shape index (κ1) is 18.2. The fraction of sp³-hybridized carbons (Fsp3) is 0.150. The van der Waals surface area contributed by atoms with Crippen LogP contribution in [0.15, 0.2) is 59.1 Å². The summed E-state index contributed by atoms with van der Waals surface area (Å²) in [6.45, 7) is 2.11. The van der Waals surface area contributed by atoms with Gasteiger partial charge >= 0.3 is 0 Å². The summed E-state index contributed by atoms with van der Waals surface area (Å²) in [6.07, 6.45) is 0. The summed E-state index contributed by atoms with van der Waals surface area (Å²) in [6, 6.07) is 15.8. The molecule has 0 unspecified atom stereocenters. The van der Waals surface area contributed by atoms with Gasteiger partial charge in [-0.3, -0.25) is 9.59 Å². The van der Waals surface area contributed by atoms with Gasteiger partial charge in [0.05, 0.1) is 0 Å². The van der Waals surface area contributed by atoms with E-state index in [0.29, 0.717) is 22.8 Å². The zero-order valence-corrected chi connectivity index (χ0v) is 15.0. The van der Waals surface area contributed by atoms with Crippen LogP contribution < -0.4 is 15.4 Å². The lowest BCUT2D eigenvalue weighted by Crippen LogP contribution is -2.17. The van der Waals surface area contributed by atoms with Gasteiger partial charge in [-0.1, -0.05) is 22.9 Å². The first-order chi connectivity index (χ1) is 13.0. The molecule has 1 heterocycles. The fourth-order valence-corrected chi connectivity index (χ4v) is 2.31. The lowest BCUT2D eigenvalue weighted by atomic mass is 10.1. The Morgan fingerprint density at radius 1 is 1.04 bits per heavy atom. The molecule has 2 amide bonds. The summed E-state index contributed by atoms with van der Waals surface area (Å²) in [5.41, 5.74) is 2.56. The number of aryl methyl sites for hydroxylation is 1. The third kappa shape index (κ3) is 4.72. The standard InChI is InChI=1S/C20H19N3O4/c1-13-3-5-14(6-4-13)19(24)22-15-7-9-16(10-8-15)26-12-17-11-18(23-27-17)20(25)21-2/h3-11H,12H2,1-2H3,(H,21,25)(H,22,24). The summed E-state index contributed by atoms with van der Waals surface area (Å²) in [5.74, 6) is 0.539. The SMILES string of the molecule is CNC(=O)c1cc(COc2ccc(NC(=O)c3ccc(C)cc3)cc2)on1. The Bertz CT molecular complexity index is 931. The molecule has 1 aromatic heterocycles. The number of carbonyl (C=O) groups excluding carboxylic acids is 2. The summed E-state index contributed by atoms with van der Waals surface area (Å²) in [7, 11) is 1.52. The van der Waals surface area contributed by atoms with Crippen LogP contribution in [0.1, 0.15) is 32.2 Å². The second-order valence-corrected chi connectivity index (χ2v) is 5.89. The van der Waals surface area contributed by atoms with E-state index in [-0.39, 0.29) is 24.1 Å². The monoisotopic (exact) mass is 365 g/mol. The number of rotatable bonds is 6. The molecule has 0 aliphatic rings. The molecule has 2 N–H and O–H groups in total. The topological polar surface area (TPSA) is 93.5 Å². The maximum absolute atomic E-state index is 12.2. The van der Waals surface area contributed by atoms with Gasteiger partial charge in [0.2, 0.25) is 0 Å². The molecule has 27 heavy (non-hydrogen) atoms. The van der Waals surface area contributed by atoms with E-state index in [1.807, 2.05) is 19.1 Å². The van der Waals surface area contributed by atoms with Gasteiger partial charge in [0, 0.05) is 24.4 Å². The van der Waals surface area contributed by atoms with Gasteiger partial charge in [-0.25, -0.2) is 0 Å². The molecular formula is C20H19N3O4. The molecule has 0 atom stereocenters. The molecule has 2 aromatic carbocycles. The highest BCUT2D eigenvalue weighted by molar-refractivity contribution is 6.04. The van der Waals surface area contributed by atoms with E-state index in [0.717, 1.165) is 5.56 Å². The van der Waals surface area contributed by atoms with E-state index in [4.69, 9.17) is 9.26 Å². The van der Waals surface area contributed by atoms with E-state index in [1.165, 1.54) is 13.1 Å². The van der Waals surface area contributed by atoms with Crippen molar-refractivity contribution in [3.8, 4) is 5.75 Å². The zero-order valence-electron chi connectivity index (χ0n) is 15.0. The van der Waals surface area contributed by atoms with Crippen molar-refractivity contribution in [2.45, 2.75) is 13.5 Å². The quantitative estimate of drug-likeness (QED) is 0.700. The van der Waals surface area contributed by atoms with Gasteiger partial charge in [-0.2, -0.15) is 0 Å². The molecule has 0 bridgehead atoms. The molecule has 0 radical (unpaired) electrons. The Morgan fingerprint density at radius 3 is 2.41 bits per heavy atom. The van der Waals surface area contributed by atoms with Crippen LogP contribution in [0.2, 0.25) is 0 Å². The number of benzene rings is 2. The van der Waals surface area contributed by atoms with E-state index < -0.39 is 0 Å². The molecule has 0 aliphatic heterocycles. The van der Waals surface area contributed by atoms with E-state index >= 15 is 0 Å². The highest BCUT2D eigenvalue weighted by Crippen LogP contribution is 2.18. The zero-order chi connectivity index (χ0) is 19.2. The van der Waals surface area contributed by atoms with Crippen molar-refractivity contribution in [2.75, 3.05) is 12.4 Å². The summed E-state index contributed by atoms with van der Waals surface area (Å²) >= 11 is 0. The number of aromatic nitrogens is 1. The molecule has 0 spiro atoms. The van der Waals surface area contributed by atoms with Gasteiger partial charge in [0.15, 0.2) is 11.5 Å². The summed E-state index contributed by atoms with van der Waals surface area (Å²) in [5, 5.41) is 8.97. The Labute approximate surface area is 156 Å². The number of anilines is 1. The molecule has 0 fully saturated rings. The highest BCUT2D eigenvalue weighted by atomic mass is 16.5. The lowest BCUT2D eigenvalue weighted by Gasteiger charge is -2.07. The van der Waals surface area contributed by atoms with Crippen LogP contribution in [0.3, 0.4) is 0 Å². The van der Waals surface area contributed by atoms with Crippen LogP contribution in [0.25, 0.3) is 0 Å². The number of nitrogens with zero attached hydrogens (tertiary/aromatic N) is 1. The van der Waals surface area contributed by atoms with E-state index in [9.17, 15) is 9.59 Å². The van der Waals surface area contributed by atoms with Crippen molar-refractivity contribution in [1.29, 1.82) is 0 Å². The number of carbonyl (C=O) groups is 2. The Morgan fingerprint density at radius 2 is 1.74 bits per heavy atom. The van der Waals surface area contributed by atoms with Gasteiger partial charge < -0.3 is 19.9 Å². The normalized spacial score (nSPS) is 10.3. The molecule has 7 nitrogen and oxygen atoms in total. The number of hydrogen-bond donors (Lipinski definition) is 2. The van der Waals surface area contributed by atoms with Crippen molar-refractivity contribution in [3.63, 3.8) is 0 Å². The Balaban J connectivity index is 1.55. The largest absolute Gasteiger partial charge is 0.486 e. The first-order valence-corrected chi connectivity index (χ1v) is 8.33. The Kier molecular flexibility index (Phi) is 5.51. The number of amides is 2. The molecular weight excluding hydrogens is 346 g/mol. The Hall–Kier alpha value is -3.61. The van der Waals surface area contributed by atoms with Crippen LogP contribution in [-0.4, -0.2) is 24.0 Å². The molecule has 0 aliphatic carbocycles. The molecule has 0 saturated heterocycles. The van der Waals surface area contributed by atoms with Crippen molar-refractivity contribution in [1.82, 2.24) is 10.5 Å². The van der Waals surface area contributed by atoms with E-state index in [2.05, 4.69) is 15.8 Å². The molecule has 138 valence electrons. The van der Waals surface area contributed by atoms with Crippen LogP contribution in [0.5, 0.6) is 5.75 Å². The highest BCUT2D eigenvalue weighted by Gasteiger charge is 2.11. The molecule has 7 heteroatoms. The van der Waals surface area contributed by atoms with Crippen LogP contribution in [0.4, 0.5) is 5.69 Å². The van der Waals surface area contributed by atoms with Crippen molar-refractivity contribution < 1.29 is 18.8 Å². The van der Waals surface area contributed by atoms with Crippen LogP contribution in [0, 0.1) is 6.92 Å². The molecule has 3 rings (SSSR count). The minimum Gasteiger partial charge on any atom is -0.486 e. The van der Waals surface area contributed by atoms with Crippen LogP contribution in [-0.2, 0) is 6.61 Å². The minimum absolute atomic E-state index is 0.138. The van der Waals surface area contributed by atoms with Crippen LogP contribution >= 0.6 is 0 Å². The first-order valence-electron chi connectivity index (χ1n) is 8.33. The van der Waals surface area contributed by atoms with E-state index in [1.54, 1.807) is 36.4 Å². The van der Waals surface area contributed by atoms with Crippen molar-refractivity contribution in [2.24, 2.45) is 0 Å². The minimum atomic E-state index is -0.321. The average molecular weight is 365 g/mol. The van der Waals surface area contributed by atoms with Gasteiger partial charge in [0.25, 0.3) is 11.8 Å². The average Bonchev–Trinajstić information content (AvgIpc) is 3.16. The molecule has 0 saturated carbocycles. The second kappa shape index (κ2) is 8.18. The smallest absolute Gasteiger partial charge is 0.273 e. The third-order valence-electron chi connectivity index (χ3n) is 3.83. The maximum Gasteiger partial charge on any atom is 0.273 e. The van der Waals surface area contributed by atoms with Gasteiger partial charge in [-0.05, 0) is 43.3 Å². The maximum atomic E-state index is 12.2. The fourth-order valence-electron chi connectivity index (χ4n) is 2.31. The van der Waals surface area contributed by atoms with Gasteiger partial charge in [0.1, 0.15) is 12.4 Å². The predicted molar refractivity (Wildman–Crippen MR) is 99.8 cm³/mol. The number of nitrogens with one attached hydrogen (secondary N) is 2. The third-order valence-corrected chi connectivity index (χ3v) is 3.83. The second-order valence-electron chi connectivity index (χ2n) is 5.89. The summed E-state index contributed by atoms with van der Waals surface area (Å²) in [4.78, 5) is 23.6. The predicted octanol–water partition coefficient (Wildman–Crippen LogP) is 3.17. The van der Waals surface area contributed by atoms with Gasteiger partial charge in [-0.15, -0.1) is 0 Å². The summed E-state index contributed by atoms with van der Waals surface area (Å²) < 4.78 is 10.6.